The number of nitrogens with one attached hydrogen (secondary N) is 3. The first-order valence-electron chi connectivity index (χ1n) is 9.06. The number of carbonyl (C=O) groups excluding carboxylic acids is 3. The normalized spacial score (nSPS) is 18.5. The van der Waals surface area contributed by atoms with Crippen LogP contribution in [-0.4, -0.2) is 36.4 Å². The summed E-state index contributed by atoms with van der Waals surface area (Å²) in [6.07, 6.45) is -4.63. The van der Waals surface area contributed by atoms with E-state index in [0.717, 1.165) is 12.1 Å². The first-order valence-corrected chi connectivity index (χ1v) is 9.06. The monoisotopic (exact) mass is 436 g/mol. The van der Waals surface area contributed by atoms with E-state index in [4.69, 9.17) is 4.74 Å². The molecule has 1 aliphatic rings. The first kappa shape index (κ1) is 21.9. The van der Waals surface area contributed by atoms with Crippen molar-refractivity contribution in [3.8, 4) is 5.75 Å². The van der Waals surface area contributed by atoms with Crippen LogP contribution in [-0.2, 0) is 21.3 Å². The summed E-state index contributed by atoms with van der Waals surface area (Å²) in [4.78, 5) is 38.1. The molecule has 1 saturated heterocycles. The number of hydrogen-bond donors (Lipinski definition) is 3. The topological polar surface area (TPSA) is 99.8 Å². The fourth-order valence-electron chi connectivity index (χ4n) is 3.12. The van der Waals surface area contributed by atoms with Crippen LogP contribution in [0.1, 0.15) is 18.1 Å². The Bertz CT molecular complexity index is 1010. The number of nitrogens with zero attached hydrogens (tertiary/aromatic N) is 1. The van der Waals surface area contributed by atoms with Gasteiger partial charge in [-0.25, -0.2) is 4.79 Å². The van der Waals surface area contributed by atoms with Crippen molar-refractivity contribution in [2.24, 2.45) is 0 Å². The SMILES string of the molecule is COc1ccc([C@]2(C)NC(=O)N(CC(=O)NNc3ccccc3C(F)(F)F)C2=O)cc1. The zero-order valence-corrected chi connectivity index (χ0v) is 16.5. The average molecular weight is 436 g/mol. The van der Waals surface area contributed by atoms with E-state index >= 15 is 0 Å². The molecule has 11 heteroatoms. The van der Waals surface area contributed by atoms with Gasteiger partial charge in [-0.15, -0.1) is 0 Å². The van der Waals surface area contributed by atoms with E-state index in [1.807, 2.05) is 0 Å². The molecule has 0 aromatic heterocycles. The van der Waals surface area contributed by atoms with E-state index in [-0.39, 0.29) is 5.69 Å². The maximum Gasteiger partial charge on any atom is 0.418 e. The second-order valence-electron chi connectivity index (χ2n) is 6.89. The summed E-state index contributed by atoms with van der Waals surface area (Å²) < 4.78 is 44.2. The third-order valence-electron chi connectivity index (χ3n) is 4.81. The molecule has 2 aromatic carbocycles. The van der Waals surface area contributed by atoms with E-state index in [2.05, 4.69) is 16.2 Å². The molecule has 4 amide bonds. The van der Waals surface area contributed by atoms with E-state index in [1.54, 1.807) is 24.3 Å². The zero-order valence-electron chi connectivity index (χ0n) is 16.5. The zero-order chi connectivity index (χ0) is 22.8. The molecule has 3 rings (SSSR count). The molecule has 1 fully saturated rings. The Hall–Kier alpha value is -3.76. The molecule has 3 N–H and O–H groups in total. The molecule has 0 saturated carbocycles. The number of carbonyl (C=O) groups is 3. The van der Waals surface area contributed by atoms with Crippen LogP contribution in [0.2, 0.25) is 0 Å². The van der Waals surface area contributed by atoms with Crippen LogP contribution in [0.3, 0.4) is 0 Å². The van der Waals surface area contributed by atoms with Crippen molar-refractivity contribution in [3.05, 3.63) is 59.7 Å². The van der Waals surface area contributed by atoms with E-state index < -0.39 is 41.7 Å². The van der Waals surface area contributed by atoms with Crippen molar-refractivity contribution in [1.82, 2.24) is 15.6 Å². The summed E-state index contributed by atoms with van der Waals surface area (Å²) in [5.74, 6) is -0.987. The quantitative estimate of drug-likeness (QED) is 0.478. The Balaban J connectivity index is 1.68. The lowest BCUT2D eigenvalue weighted by Crippen LogP contribution is -2.44. The molecular weight excluding hydrogens is 417 g/mol. The van der Waals surface area contributed by atoms with Crippen LogP contribution in [0.25, 0.3) is 0 Å². The van der Waals surface area contributed by atoms with Crippen molar-refractivity contribution >= 4 is 23.5 Å². The molecule has 1 aliphatic heterocycles. The van der Waals surface area contributed by atoms with E-state index in [9.17, 15) is 27.6 Å². The molecule has 0 spiro atoms. The number of alkyl halides is 3. The van der Waals surface area contributed by atoms with Crippen molar-refractivity contribution in [1.29, 1.82) is 0 Å². The van der Waals surface area contributed by atoms with Gasteiger partial charge in [0.05, 0.1) is 18.4 Å². The van der Waals surface area contributed by atoms with Crippen molar-refractivity contribution < 1.29 is 32.3 Å². The van der Waals surface area contributed by atoms with Crippen molar-refractivity contribution in [2.45, 2.75) is 18.6 Å². The number of hydrogen-bond acceptors (Lipinski definition) is 5. The molecule has 0 unspecified atom stereocenters. The minimum atomic E-state index is -4.63. The number of methoxy groups -OCH3 is 1. The molecule has 31 heavy (non-hydrogen) atoms. The highest BCUT2D eigenvalue weighted by Gasteiger charge is 2.49. The standard InChI is InChI=1S/C20H19F3N4O4/c1-19(12-7-9-13(31-2)10-8-12)17(29)27(18(30)24-19)11-16(28)26-25-15-6-4-3-5-14(15)20(21,22)23/h3-10,25H,11H2,1-2H3,(H,24,30)(H,26,28)/t19-/m0/s1. The Morgan fingerprint density at radius 3 is 2.39 bits per heavy atom. The lowest BCUT2D eigenvalue weighted by Gasteiger charge is -2.22. The smallest absolute Gasteiger partial charge is 0.418 e. The highest BCUT2D eigenvalue weighted by molar-refractivity contribution is 6.09. The van der Waals surface area contributed by atoms with Crippen LogP contribution >= 0.6 is 0 Å². The lowest BCUT2D eigenvalue weighted by atomic mass is 9.92. The molecule has 0 aliphatic carbocycles. The summed E-state index contributed by atoms with van der Waals surface area (Å²) >= 11 is 0. The second-order valence-corrected chi connectivity index (χ2v) is 6.89. The third-order valence-corrected chi connectivity index (χ3v) is 4.81. The Kier molecular flexibility index (Phi) is 5.78. The van der Waals surface area contributed by atoms with Gasteiger partial charge >= 0.3 is 12.2 Å². The molecular formula is C20H19F3N4O4. The van der Waals surface area contributed by atoms with Crippen LogP contribution in [0.5, 0.6) is 5.75 Å². The number of benzene rings is 2. The molecule has 1 atom stereocenters. The predicted molar refractivity (Wildman–Crippen MR) is 104 cm³/mol. The Labute approximate surface area is 175 Å². The maximum absolute atomic E-state index is 13.0. The van der Waals surface area contributed by atoms with Gasteiger partial charge in [0, 0.05) is 0 Å². The number of rotatable bonds is 6. The minimum absolute atomic E-state index is 0.372. The van der Waals surface area contributed by atoms with Gasteiger partial charge < -0.3 is 10.1 Å². The number of para-hydroxylation sites is 1. The number of hydrazine groups is 1. The highest BCUT2D eigenvalue weighted by atomic mass is 19.4. The van der Waals surface area contributed by atoms with E-state index in [0.29, 0.717) is 16.2 Å². The lowest BCUT2D eigenvalue weighted by molar-refractivity contribution is -0.137. The molecule has 2 aromatic rings. The van der Waals surface area contributed by atoms with Crippen LogP contribution < -0.4 is 20.9 Å². The molecule has 8 nitrogen and oxygen atoms in total. The number of imide groups is 1. The van der Waals surface area contributed by atoms with Gasteiger partial charge in [-0.3, -0.25) is 25.3 Å². The number of halogens is 3. The van der Waals surface area contributed by atoms with Gasteiger partial charge in [-0.1, -0.05) is 24.3 Å². The van der Waals surface area contributed by atoms with Gasteiger partial charge in [0.25, 0.3) is 11.8 Å². The van der Waals surface area contributed by atoms with Gasteiger partial charge in [0.2, 0.25) is 0 Å². The van der Waals surface area contributed by atoms with Crippen LogP contribution in [0, 0.1) is 0 Å². The Morgan fingerprint density at radius 1 is 1.13 bits per heavy atom. The number of urea groups is 1. The average Bonchev–Trinajstić information content (AvgIpc) is 2.95. The first-order chi connectivity index (χ1) is 14.6. The number of amides is 4. The molecule has 164 valence electrons. The fraction of sp³-hybridized carbons (Fsp3) is 0.250. The summed E-state index contributed by atoms with van der Waals surface area (Å²) in [5.41, 5.74) is 2.00. The maximum atomic E-state index is 13.0. The second kappa shape index (κ2) is 8.17. The number of ether oxygens (including phenoxy) is 1. The summed E-state index contributed by atoms with van der Waals surface area (Å²) in [5, 5.41) is 2.54. The Morgan fingerprint density at radius 2 is 1.77 bits per heavy atom. The predicted octanol–water partition coefficient (Wildman–Crippen LogP) is 2.62. The molecule has 1 heterocycles. The summed E-state index contributed by atoms with van der Waals surface area (Å²) in [6.45, 7) is 0.808. The highest BCUT2D eigenvalue weighted by Crippen LogP contribution is 2.34. The van der Waals surface area contributed by atoms with Crippen molar-refractivity contribution in [3.63, 3.8) is 0 Å². The fourth-order valence-corrected chi connectivity index (χ4v) is 3.12. The van der Waals surface area contributed by atoms with Crippen LogP contribution in [0.15, 0.2) is 48.5 Å². The van der Waals surface area contributed by atoms with Gasteiger partial charge in [0.1, 0.15) is 17.8 Å². The number of anilines is 1. The van der Waals surface area contributed by atoms with Gasteiger partial charge in [0.15, 0.2) is 0 Å². The third kappa shape index (κ3) is 4.39. The summed E-state index contributed by atoms with van der Waals surface area (Å²) in [6, 6.07) is 10.2. The van der Waals surface area contributed by atoms with E-state index in [1.165, 1.54) is 26.2 Å². The summed E-state index contributed by atoms with van der Waals surface area (Å²) in [7, 11) is 1.49. The van der Waals surface area contributed by atoms with Crippen LogP contribution in [0.4, 0.5) is 23.7 Å². The molecule has 0 bridgehead atoms. The van der Waals surface area contributed by atoms with Crippen molar-refractivity contribution in [2.75, 3.05) is 19.1 Å². The molecule has 0 radical (unpaired) electrons. The van der Waals surface area contributed by atoms with Gasteiger partial charge in [-0.2, -0.15) is 13.2 Å². The van der Waals surface area contributed by atoms with Gasteiger partial charge in [-0.05, 0) is 36.8 Å². The minimum Gasteiger partial charge on any atom is -0.497 e. The largest absolute Gasteiger partial charge is 0.497 e.